The molecule has 2 heterocycles. The van der Waals surface area contributed by atoms with E-state index in [1.165, 1.54) is 33.8 Å². The summed E-state index contributed by atoms with van der Waals surface area (Å²) in [5.41, 5.74) is -3.04. The van der Waals surface area contributed by atoms with Gasteiger partial charge in [0.2, 0.25) is 0 Å². The van der Waals surface area contributed by atoms with Crippen molar-refractivity contribution in [3.63, 3.8) is 0 Å². The highest BCUT2D eigenvalue weighted by molar-refractivity contribution is 5.85. The van der Waals surface area contributed by atoms with Gasteiger partial charge in [0, 0.05) is 56.9 Å². The zero-order valence-corrected chi connectivity index (χ0v) is 30.5. The summed E-state index contributed by atoms with van der Waals surface area (Å²) in [6.07, 6.45) is -1.75. The molecular formula is C37H52O14. The zero-order chi connectivity index (χ0) is 37.3. The van der Waals surface area contributed by atoms with E-state index in [2.05, 4.69) is 0 Å². The Bertz CT molecular complexity index is 1480. The van der Waals surface area contributed by atoms with E-state index in [-0.39, 0.29) is 36.8 Å². The summed E-state index contributed by atoms with van der Waals surface area (Å²) in [5.74, 6) is -3.60. The fourth-order valence-electron chi connectivity index (χ4n) is 11.1. The number of hydrogen-bond acceptors (Lipinski definition) is 14. The fourth-order valence-corrected chi connectivity index (χ4v) is 11.1. The maximum Gasteiger partial charge on any atom is 0.331 e. The van der Waals surface area contributed by atoms with Crippen molar-refractivity contribution in [2.75, 3.05) is 6.61 Å². The number of carbonyl (C=O) groups excluding carboxylic acids is 5. The Morgan fingerprint density at radius 2 is 1.41 bits per heavy atom. The summed E-state index contributed by atoms with van der Waals surface area (Å²) in [6.45, 7) is 10.8. The Morgan fingerprint density at radius 3 is 2.02 bits per heavy atom. The Morgan fingerprint density at radius 1 is 0.784 bits per heavy atom. The standard InChI is InChI=1S/C37H52O14/c1-18-30(48-20(3)39)31(49-21(4)40)32(50-22(5)41)33(46-18)51-24-8-11-34(6)29-26(9-12-36(34,43)15-24)37(44)13-10-25(23-14-28(42)45-17-23)35(37,7)16-27(29)47-19(2)38/h14,18,24-27,29-33,43-44H,8-13,15-17H2,1-7H3/t18-,24-,25+,26+,27+,29+,30-,31+,32+,33-,34+,35+,36-,37-/m0/s1. The first-order valence-corrected chi connectivity index (χ1v) is 18.1. The van der Waals surface area contributed by atoms with Crippen LogP contribution in [0.15, 0.2) is 11.6 Å². The summed E-state index contributed by atoms with van der Waals surface area (Å²) in [7, 11) is 0. The lowest BCUT2D eigenvalue weighted by Gasteiger charge is -2.67. The first-order chi connectivity index (χ1) is 23.8. The van der Waals surface area contributed by atoms with Crippen molar-refractivity contribution >= 4 is 29.8 Å². The molecule has 6 aliphatic rings. The predicted molar refractivity (Wildman–Crippen MR) is 174 cm³/mol. The van der Waals surface area contributed by atoms with Crippen molar-refractivity contribution in [3.8, 4) is 0 Å². The maximum absolute atomic E-state index is 12.7. The van der Waals surface area contributed by atoms with Gasteiger partial charge in [0.1, 0.15) is 12.7 Å². The summed E-state index contributed by atoms with van der Waals surface area (Å²) >= 11 is 0. The Balaban J connectivity index is 1.27. The molecule has 14 atom stereocenters. The minimum atomic E-state index is -1.29. The Labute approximate surface area is 297 Å². The zero-order valence-electron chi connectivity index (χ0n) is 30.5. The number of fused-ring (bicyclic) bond motifs is 5. The van der Waals surface area contributed by atoms with Gasteiger partial charge >= 0.3 is 29.8 Å². The van der Waals surface area contributed by atoms with E-state index in [1.807, 2.05) is 13.8 Å². The molecule has 14 heteroatoms. The lowest BCUT2D eigenvalue weighted by Crippen LogP contribution is -2.71. The van der Waals surface area contributed by atoms with E-state index in [1.54, 1.807) is 6.92 Å². The first-order valence-electron chi connectivity index (χ1n) is 18.1. The van der Waals surface area contributed by atoms with Gasteiger partial charge in [-0.2, -0.15) is 0 Å². The third kappa shape index (κ3) is 6.37. The van der Waals surface area contributed by atoms with Gasteiger partial charge in [0.15, 0.2) is 24.6 Å². The topological polar surface area (TPSA) is 190 Å². The molecule has 0 bridgehead atoms. The highest BCUT2D eigenvalue weighted by atomic mass is 16.7. The van der Waals surface area contributed by atoms with Crippen molar-refractivity contribution in [3.05, 3.63) is 11.6 Å². The first kappa shape index (κ1) is 37.7. The third-order valence-corrected chi connectivity index (χ3v) is 13.3. The second-order valence-electron chi connectivity index (χ2n) is 16.2. The van der Waals surface area contributed by atoms with Crippen LogP contribution < -0.4 is 0 Å². The molecule has 0 aromatic carbocycles. The molecule has 1 saturated heterocycles. The summed E-state index contributed by atoms with van der Waals surface area (Å²) in [4.78, 5) is 61.0. The van der Waals surface area contributed by atoms with Crippen LogP contribution in [-0.4, -0.2) is 101 Å². The average Bonchev–Trinajstić information content (AvgIpc) is 3.55. The van der Waals surface area contributed by atoms with Gasteiger partial charge in [0.05, 0.1) is 23.4 Å². The van der Waals surface area contributed by atoms with Crippen molar-refractivity contribution < 1.29 is 67.3 Å². The van der Waals surface area contributed by atoms with Crippen molar-refractivity contribution in [1.82, 2.24) is 0 Å². The van der Waals surface area contributed by atoms with Crippen LogP contribution >= 0.6 is 0 Å². The molecule has 0 radical (unpaired) electrons. The summed E-state index contributed by atoms with van der Waals surface area (Å²) in [5, 5.41) is 25.4. The van der Waals surface area contributed by atoms with E-state index < -0.39 is 88.8 Å². The lowest BCUT2D eigenvalue weighted by atomic mass is 9.41. The highest BCUT2D eigenvalue weighted by Gasteiger charge is 2.73. The van der Waals surface area contributed by atoms with Gasteiger partial charge in [-0.25, -0.2) is 4.79 Å². The van der Waals surface area contributed by atoms with Crippen LogP contribution in [0.3, 0.4) is 0 Å². The van der Waals surface area contributed by atoms with Gasteiger partial charge in [-0.15, -0.1) is 0 Å². The van der Waals surface area contributed by atoms with E-state index in [0.717, 1.165) is 5.57 Å². The molecule has 51 heavy (non-hydrogen) atoms. The molecule has 2 aliphatic heterocycles. The maximum atomic E-state index is 12.7. The third-order valence-electron chi connectivity index (χ3n) is 13.3. The van der Waals surface area contributed by atoms with Crippen LogP contribution in [0.5, 0.6) is 0 Å². The number of ether oxygens (including phenoxy) is 7. The van der Waals surface area contributed by atoms with Gasteiger partial charge in [0.25, 0.3) is 0 Å². The quantitative estimate of drug-likeness (QED) is 0.222. The van der Waals surface area contributed by atoms with Crippen LogP contribution in [0.4, 0.5) is 0 Å². The molecule has 5 fully saturated rings. The molecule has 4 saturated carbocycles. The number of aliphatic hydroxyl groups is 2. The molecule has 0 aromatic rings. The smallest absolute Gasteiger partial charge is 0.331 e. The molecule has 6 rings (SSSR count). The van der Waals surface area contributed by atoms with Crippen molar-refractivity contribution in [1.29, 1.82) is 0 Å². The molecular weight excluding hydrogens is 668 g/mol. The predicted octanol–water partition coefficient (Wildman–Crippen LogP) is 2.83. The molecule has 0 unspecified atom stereocenters. The molecule has 0 aromatic heterocycles. The molecule has 284 valence electrons. The average molecular weight is 721 g/mol. The van der Waals surface area contributed by atoms with Gasteiger partial charge in [-0.05, 0) is 69.3 Å². The van der Waals surface area contributed by atoms with Crippen LogP contribution in [0.2, 0.25) is 0 Å². The molecule has 2 N–H and O–H groups in total. The van der Waals surface area contributed by atoms with Crippen molar-refractivity contribution in [2.45, 2.75) is 154 Å². The SMILES string of the molecule is CC(=O)O[C@@H]1[C@@H](OC(C)=O)[C@H](C)O[C@@H](O[C@H]2CC[C@]3(C)[C@@H]4[C@@H](CC[C@]3(O)C2)[C@@]2(O)CC[C@H](C3=CC(=O)OC3)[C@@]2(C)C[C@H]4OC(C)=O)[C@@H]1OC(C)=O. The second kappa shape index (κ2) is 13.4. The second-order valence-corrected chi connectivity index (χ2v) is 16.2. The molecule has 4 aliphatic carbocycles. The van der Waals surface area contributed by atoms with Gasteiger partial charge < -0.3 is 43.4 Å². The number of esters is 5. The van der Waals surface area contributed by atoms with Crippen LogP contribution in [0, 0.1) is 28.6 Å². The highest BCUT2D eigenvalue weighted by Crippen LogP contribution is 2.71. The normalized spacial score (nSPS) is 46.0. The lowest BCUT2D eigenvalue weighted by molar-refractivity contribution is -0.326. The largest absolute Gasteiger partial charge is 0.462 e. The Kier molecular flexibility index (Phi) is 9.91. The Hall–Kier alpha value is -3.07. The molecule has 14 nitrogen and oxygen atoms in total. The van der Waals surface area contributed by atoms with Crippen molar-refractivity contribution in [2.24, 2.45) is 28.6 Å². The minimum absolute atomic E-state index is 0.120. The van der Waals surface area contributed by atoms with E-state index >= 15 is 0 Å². The molecule has 0 amide bonds. The van der Waals surface area contributed by atoms with E-state index in [4.69, 9.17) is 33.2 Å². The number of rotatable bonds is 7. The van der Waals surface area contributed by atoms with Crippen LogP contribution in [-0.2, 0) is 57.1 Å². The van der Waals surface area contributed by atoms with Crippen LogP contribution in [0.25, 0.3) is 0 Å². The monoisotopic (exact) mass is 720 g/mol. The number of cyclic esters (lactones) is 1. The van der Waals surface area contributed by atoms with Gasteiger partial charge in [-0.3, -0.25) is 19.2 Å². The fraction of sp³-hybridized carbons (Fsp3) is 0.811. The van der Waals surface area contributed by atoms with Gasteiger partial charge in [-0.1, -0.05) is 13.8 Å². The minimum Gasteiger partial charge on any atom is -0.462 e. The summed E-state index contributed by atoms with van der Waals surface area (Å²) in [6, 6.07) is 0. The number of carbonyl (C=O) groups is 5. The van der Waals surface area contributed by atoms with E-state index in [9.17, 15) is 34.2 Å². The molecule has 0 spiro atoms. The van der Waals surface area contributed by atoms with E-state index in [0.29, 0.717) is 44.9 Å². The summed E-state index contributed by atoms with van der Waals surface area (Å²) < 4.78 is 40.5. The van der Waals surface area contributed by atoms with Crippen LogP contribution in [0.1, 0.15) is 99.8 Å². The number of hydrogen-bond donors (Lipinski definition) is 2.